The third-order valence-corrected chi connectivity index (χ3v) is 3.20. The highest BCUT2D eigenvalue weighted by Crippen LogP contribution is 2.22. The third-order valence-electron chi connectivity index (χ3n) is 3.20. The molecule has 0 N–H and O–H groups in total. The second kappa shape index (κ2) is 5.04. The summed E-state index contributed by atoms with van der Waals surface area (Å²) in [6, 6.07) is 0.754. The second-order valence-electron chi connectivity index (χ2n) is 5.21. The molecule has 0 spiro atoms. The number of likely N-dealkylation sites (tertiary alicyclic amines) is 1. The number of hydrogen-bond donors (Lipinski definition) is 0. The number of rotatable bonds is 4. The Morgan fingerprint density at radius 2 is 2.00 bits per heavy atom. The van der Waals surface area contributed by atoms with E-state index in [9.17, 15) is 0 Å². The minimum absolute atomic E-state index is 0.754. The molecule has 0 saturated carbocycles. The first-order valence-corrected chi connectivity index (χ1v) is 5.83. The Bertz CT molecular complexity index is 145. The van der Waals surface area contributed by atoms with Crippen molar-refractivity contribution in [2.24, 2.45) is 5.92 Å². The van der Waals surface area contributed by atoms with Gasteiger partial charge < -0.3 is 4.90 Å². The standard InChI is InChI=1S/C11H24BN/c1-9(2)12-7-11-5-6-13(8-11)10(3)4/h9-12H,5-8H2,1-4H3. The van der Waals surface area contributed by atoms with Crippen LogP contribution in [0, 0.1) is 5.92 Å². The van der Waals surface area contributed by atoms with Gasteiger partial charge in [0.2, 0.25) is 0 Å². The molecule has 0 aromatic heterocycles. The molecule has 1 aliphatic heterocycles. The summed E-state index contributed by atoms with van der Waals surface area (Å²) in [4.78, 5) is 2.62. The fourth-order valence-corrected chi connectivity index (χ4v) is 2.14. The maximum Gasteiger partial charge on any atom is 0.123 e. The van der Waals surface area contributed by atoms with Gasteiger partial charge in [0.05, 0.1) is 0 Å². The van der Waals surface area contributed by atoms with Gasteiger partial charge in [-0.25, -0.2) is 0 Å². The van der Waals surface area contributed by atoms with Crippen LogP contribution in [0.5, 0.6) is 0 Å². The van der Waals surface area contributed by atoms with Gasteiger partial charge in [-0.2, -0.15) is 0 Å². The molecule has 2 heteroatoms. The van der Waals surface area contributed by atoms with E-state index >= 15 is 0 Å². The molecule has 1 rings (SSSR count). The van der Waals surface area contributed by atoms with Crippen molar-refractivity contribution in [3.05, 3.63) is 0 Å². The summed E-state index contributed by atoms with van der Waals surface area (Å²) >= 11 is 0. The summed E-state index contributed by atoms with van der Waals surface area (Å²) in [5.41, 5.74) is 0. The molecular formula is C11H24BN. The van der Waals surface area contributed by atoms with Crippen molar-refractivity contribution in [3.8, 4) is 0 Å². The van der Waals surface area contributed by atoms with Gasteiger partial charge >= 0.3 is 0 Å². The van der Waals surface area contributed by atoms with E-state index in [1.165, 1.54) is 33.1 Å². The molecule has 13 heavy (non-hydrogen) atoms. The quantitative estimate of drug-likeness (QED) is 0.602. The number of hydrogen-bond acceptors (Lipinski definition) is 1. The lowest BCUT2D eigenvalue weighted by atomic mass is 9.60. The summed E-state index contributed by atoms with van der Waals surface area (Å²) in [6.07, 6.45) is 2.88. The van der Waals surface area contributed by atoms with E-state index in [0.717, 1.165) is 17.8 Å². The first-order valence-electron chi connectivity index (χ1n) is 5.83. The molecular weight excluding hydrogens is 157 g/mol. The highest BCUT2D eigenvalue weighted by molar-refractivity contribution is 6.37. The molecule has 1 atom stereocenters. The van der Waals surface area contributed by atoms with E-state index in [2.05, 4.69) is 32.6 Å². The summed E-state index contributed by atoms with van der Waals surface area (Å²) in [7, 11) is 1.41. The van der Waals surface area contributed by atoms with Gasteiger partial charge in [-0.05, 0) is 32.7 Å². The zero-order chi connectivity index (χ0) is 9.84. The maximum atomic E-state index is 2.62. The van der Waals surface area contributed by atoms with Gasteiger partial charge in [-0.1, -0.05) is 26.0 Å². The molecule has 0 aromatic rings. The Kier molecular flexibility index (Phi) is 4.31. The minimum Gasteiger partial charge on any atom is -0.301 e. The Hall–Kier alpha value is 0.0249. The molecule has 1 nitrogen and oxygen atoms in total. The summed E-state index contributed by atoms with van der Waals surface area (Å²) in [5, 5.41) is 0. The first kappa shape index (κ1) is 11.1. The van der Waals surface area contributed by atoms with Crippen LogP contribution in [0.15, 0.2) is 0 Å². The molecule has 1 unspecified atom stereocenters. The second-order valence-corrected chi connectivity index (χ2v) is 5.21. The maximum absolute atomic E-state index is 2.62. The fraction of sp³-hybridized carbons (Fsp3) is 1.00. The van der Waals surface area contributed by atoms with E-state index in [1.54, 1.807) is 0 Å². The lowest BCUT2D eigenvalue weighted by Crippen LogP contribution is -2.28. The van der Waals surface area contributed by atoms with Gasteiger partial charge in [0.25, 0.3) is 0 Å². The van der Waals surface area contributed by atoms with Gasteiger partial charge in [0, 0.05) is 12.6 Å². The van der Waals surface area contributed by atoms with E-state index < -0.39 is 0 Å². The average molecular weight is 181 g/mol. The molecule has 1 aliphatic rings. The zero-order valence-electron chi connectivity index (χ0n) is 9.71. The molecule has 1 fully saturated rings. The van der Waals surface area contributed by atoms with Crippen LogP contribution in [0.2, 0.25) is 12.1 Å². The summed E-state index contributed by atoms with van der Waals surface area (Å²) in [6.45, 7) is 12.0. The van der Waals surface area contributed by atoms with Crippen LogP contribution in [0.25, 0.3) is 0 Å². The van der Waals surface area contributed by atoms with E-state index in [4.69, 9.17) is 0 Å². The Labute approximate surface area is 84.1 Å². The van der Waals surface area contributed by atoms with Crippen LogP contribution < -0.4 is 0 Å². The predicted octanol–water partition coefficient (Wildman–Crippen LogP) is 2.40. The molecule has 0 aliphatic carbocycles. The summed E-state index contributed by atoms with van der Waals surface area (Å²) in [5.74, 6) is 1.87. The van der Waals surface area contributed by atoms with Crippen LogP contribution in [-0.2, 0) is 0 Å². The third kappa shape index (κ3) is 3.72. The fourth-order valence-electron chi connectivity index (χ4n) is 2.14. The molecule has 1 heterocycles. The molecule has 76 valence electrons. The van der Waals surface area contributed by atoms with Crippen LogP contribution in [-0.4, -0.2) is 31.3 Å². The highest BCUT2D eigenvalue weighted by atomic mass is 15.2. The van der Waals surface area contributed by atoms with E-state index in [0.29, 0.717) is 0 Å². The van der Waals surface area contributed by atoms with Crippen molar-refractivity contribution in [2.45, 2.75) is 52.3 Å². The average Bonchev–Trinajstić information content (AvgIpc) is 2.48. The van der Waals surface area contributed by atoms with Crippen molar-refractivity contribution in [3.63, 3.8) is 0 Å². The van der Waals surface area contributed by atoms with Crippen LogP contribution in [0.3, 0.4) is 0 Å². The number of nitrogens with zero attached hydrogens (tertiary/aromatic N) is 1. The minimum atomic E-state index is 0.754. The largest absolute Gasteiger partial charge is 0.301 e. The SMILES string of the molecule is CC(C)BCC1CCN(C(C)C)C1. The molecule has 1 saturated heterocycles. The molecule has 0 bridgehead atoms. The van der Waals surface area contributed by atoms with E-state index in [-0.39, 0.29) is 0 Å². The topological polar surface area (TPSA) is 3.24 Å². The van der Waals surface area contributed by atoms with Crippen LogP contribution in [0.4, 0.5) is 0 Å². The van der Waals surface area contributed by atoms with Gasteiger partial charge in [-0.3, -0.25) is 0 Å². The lowest BCUT2D eigenvalue weighted by molar-refractivity contribution is 0.267. The monoisotopic (exact) mass is 181 g/mol. The Balaban J connectivity index is 2.17. The molecule has 0 amide bonds. The lowest BCUT2D eigenvalue weighted by Gasteiger charge is -2.20. The van der Waals surface area contributed by atoms with Gasteiger partial charge in [0.1, 0.15) is 7.28 Å². The zero-order valence-corrected chi connectivity index (χ0v) is 9.71. The smallest absolute Gasteiger partial charge is 0.123 e. The van der Waals surface area contributed by atoms with Crippen LogP contribution in [0.1, 0.15) is 34.1 Å². The Morgan fingerprint density at radius 1 is 1.31 bits per heavy atom. The van der Waals surface area contributed by atoms with Crippen molar-refractivity contribution < 1.29 is 0 Å². The normalized spacial score (nSPS) is 24.6. The summed E-state index contributed by atoms with van der Waals surface area (Å²) < 4.78 is 0. The van der Waals surface area contributed by atoms with Crippen molar-refractivity contribution in [1.29, 1.82) is 0 Å². The predicted molar refractivity (Wildman–Crippen MR) is 61.9 cm³/mol. The van der Waals surface area contributed by atoms with E-state index in [1.807, 2.05) is 0 Å². The van der Waals surface area contributed by atoms with Gasteiger partial charge in [-0.15, -0.1) is 0 Å². The molecule has 0 radical (unpaired) electrons. The molecule has 0 aromatic carbocycles. The van der Waals surface area contributed by atoms with Crippen LogP contribution >= 0.6 is 0 Å². The Morgan fingerprint density at radius 3 is 2.46 bits per heavy atom. The van der Waals surface area contributed by atoms with Crippen molar-refractivity contribution >= 4 is 7.28 Å². The first-order chi connectivity index (χ1) is 6.09. The van der Waals surface area contributed by atoms with Crippen molar-refractivity contribution in [2.75, 3.05) is 13.1 Å². The highest BCUT2D eigenvalue weighted by Gasteiger charge is 2.23. The van der Waals surface area contributed by atoms with Crippen molar-refractivity contribution in [1.82, 2.24) is 4.90 Å². The van der Waals surface area contributed by atoms with Gasteiger partial charge in [0.15, 0.2) is 0 Å².